The molecule has 12 heavy (non-hydrogen) atoms. The molecule has 0 saturated carbocycles. The third kappa shape index (κ3) is 1.14. The summed E-state index contributed by atoms with van der Waals surface area (Å²) >= 11 is 8.34. The Morgan fingerprint density at radius 1 is 1.58 bits per heavy atom. The van der Waals surface area contributed by atoms with E-state index >= 15 is 0 Å². The Morgan fingerprint density at radius 2 is 2.33 bits per heavy atom. The van der Waals surface area contributed by atoms with E-state index in [1.165, 1.54) is 6.07 Å². The van der Waals surface area contributed by atoms with E-state index in [0.717, 1.165) is 11.5 Å². The summed E-state index contributed by atoms with van der Waals surface area (Å²) in [6.07, 6.45) is 0. The van der Waals surface area contributed by atoms with Crippen molar-refractivity contribution in [2.24, 2.45) is 0 Å². The number of hydrogen-bond acceptors (Lipinski definition) is 4. The van der Waals surface area contributed by atoms with Gasteiger partial charge in [-0.15, -0.1) is 17.7 Å². The second-order valence-corrected chi connectivity index (χ2v) is 4.17. The molecule has 62 valence electrons. The normalized spacial score (nSPS) is 10.9. The van der Waals surface area contributed by atoms with Crippen molar-refractivity contribution in [3.05, 3.63) is 16.4 Å². The predicted octanol–water partition coefficient (Wildman–Crippen LogP) is 2.88. The highest BCUT2D eigenvalue weighted by Gasteiger charge is 2.11. The Bertz CT molecular complexity index is 442. The van der Waals surface area contributed by atoms with Crippen molar-refractivity contribution in [1.29, 1.82) is 0 Å². The lowest BCUT2D eigenvalue weighted by molar-refractivity contribution is 0.620. The lowest BCUT2D eigenvalue weighted by Gasteiger charge is -1.96. The zero-order valence-corrected chi connectivity index (χ0v) is 8.88. The van der Waals surface area contributed by atoms with E-state index in [0.29, 0.717) is 19.6 Å². The molecule has 0 bridgehead atoms. The first-order chi connectivity index (χ1) is 5.70. The third-order valence-corrected chi connectivity index (χ3v) is 3.53. The fourth-order valence-corrected chi connectivity index (χ4v) is 2.35. The highest BCUT2D eigenvalue weighted by Crippen LogP contribution is 2.32. The monoisotopic (exact) mass is 264 g/mol. The molecule has 1 aromatic carbocycles. The van der Waals surface area contributed by atoms with Gasteiger partial charge in [-0.3, -0.25) is 0 Å². The number of benzene rings is 1. The van der Waals surface area contributed by atoms with Crippen molar-refractivity contribution in [1.82, 2.24) is 9.59 Å². The predicted molar refractivity (Wildman–Crippen MR) is 52.3 cm³/mol. The van der Waals surface area contributed by atoms with Gasteiger partial charge in [0.2, 0.25) is 0 Å². The quantitative estimate of drug-likeness (QED) is 0.741. The molecule has 0 fully saturated rings. The van der Waals surface area contributed by atoms with Crippen LogP contribution in [0.15, 0.2) is 15.4 Å². The lowest BCUT2D eigenvalue weighted by atomic mass is 10.3. The molecule has 0 N–H and O–H groups in total. The van der Waals surface area contributed by atoms with Crippen LogP contribution in [0.4, 0.5) is 4.39 Å². The van der Waals surface area contributed by atoms with Crippen molar-refractivity contribution < 1.29 is 4.39 Å². The van der Waals surface area contributed by atoms with Crippen molar-refractivity contribution >= 4 is 50.3 Å². The molecule has 0 unspecified atom stereocenters. The lowest BCUT2D eigenvalue weighted by Crippen LogP contribution is -1.80. The largest absolute Gasteiger partial charge is 0.206 e. The topological polar surface area (TPSA) is 25.8 Å². The molecule has 0 radical (unpaired) electrons. The van der Waals surface area contributed by atoms with Crippen LogP contribution >= 0.6 is 40.1 Å². The van der Waals surface area contributed by atoms with Crippen LogP contribution in [0.5, 0.6) is 0 Å². The summed E-state index contributed by atoms with van der Waals surface area (Å²) in [5, 5.41) is 3.82. The first-order valence-electron chi connectivity index (χ1n) is 2.99. The average molecular weight is 265 g/mol. The Hall–Kier alpha value is -0.200. The van der Waals surface area contributed by atoms with Crippen LogP contribution in [0.2, 0.25) is 0 Å². The Morgan fingerprint density at radius 3 is 3.08 bits per heavy atom. The van der Waals surface area contributed by atoms with Gasteiger partial charge in [0, 0.05) is 4.90 Å². The summed E-state index contributed by atoms with van der Waals surface area (Å²) in [4.78, 5) is 0.513. The van der Waals surface area contributed by atoms with Gasteiger partial charge in [0.15, 0.2) is 0 Å². The summed E-state index contributed by atoms with van der Waals surface area (Å²) in [5.41, 5.74) is 0.636. The molecular formula is C6H2BrFN2S2. The maximum absolute atomic E-state index is 13.0. The van der Waals surface area contributed by atoms with E-state index < -0.39 is 0 Å². The van der Waals surface area contributed by atoms with Gasteiger partial charge >= 0.3 is 0 Å². The molecule has 2 rings (SSSR count). The van der Waals surface area contributed by atoms with Gasteiger partial charge < -0.3 is 0 Å². The highest BCUT2D eigenvalue weighted by molar-refractivity contribution is 9.10. The summed E-state index contributed by atoms with van der Waals surface area (Å²) in [6, 6.07) is 1.32. The molecule has 0 aliphatic heterocycles. The molecule has 2 nitrogen and oxygen atoms in total. The Balaban J connectivity index is 2.97. The molecule has 6 heteroatoms. The number of halogens is 2. The molecule has 0 aliphatic rings. The van der Waals surface area contributed by atoms with Gasteiger partial charge in [0.05, 0.1) is 9.17 Å². The van der Waals surface area contributed by atoms with Gasteiger partial charge in [-0.2, -0.15) is 0 Å². The maximum atomic E-state index is 13.0. The smallest absolute Gasteiger partial charge is 0.140 e. The minimum atomic E-state index is -0.335. The third-order valence-electron chi connectivity index (χ3n) is 1.40. The fraction of sp³-hybridized carbons (Fsp3) is 0. The zero-order valence-electron chi connectivity index (χ0n) is 5.58. The Labute approximate surface area is 85.5 Å². The van der Waals surface area contributed by atoms with Crippen molar-refractivity contribution in [3.63, 3.8) is 0 Å². The minimum Gasteiger partial charge on any atom is -0.206 e. The van der Waals surface area contributed by atoms with E-state index in [4.69, 9.17) is 0 Å². The Kier molecular flexibility index (Phi) is 2.05. The molecule has 1 heterocycles. The van der Waals surface area contributed by atoms with Gasteiger partial charge in [-0.05, 0) is 33.5 Å². The number of fused-ring (bicyclic) bond motifs is 1. The fourth-order valence-electron chi connectivity index (χ4n) is 0.862. The van der Waals surface area contributed by atoms with Gasteiger partial charge in [-0.25, -0.2) is 4.39 Å². The van der Waals surface area contributed by atoms with Crippen LogP contribution in [-0.4, -0.2) is 9.59 Å². The van der Waals surface area contributed by atoms with Crippen LogP contribution in [0, 0.1) is 5.82 Å². The zero-order chi connectivity index (χ0) is 8.72. The molecular weight excluding hydrogens is 263 g/mol. The van der Waals surface area contributed by atoms with E-state index in [9.17, 15) is 4.39 Å². The second kappa shape index (κ2) is 2.93. The molecule has 2 aromatic rings. The SMILES string of the molecule is Fc1cc(S)c2nnsc2c1Br. The van der Waals surface area contributed by atoms with Crippen molar-refractivity contribution in [2.45, 2.75) is 4.90 Å². The summed E-state index contributed by atoms with van der Waals surface area (Å²) in [5.74, 6) is -0.335. The first kappa shape index (κ1) is 8.40. The molecule has 0 saturated heterocycles. The van der Waals surface area contributed by atoms with E-state index in [2.05, 4.69) is 38.1 Å². The molecule has 0 atom stereocenters. The van der Waals surface area contributed by atoms with Gasteiger partial charge in [-0.1, -0.05) is 4.49 Å². The average Bonchev–Trinajstić information content (AvgIpc) is 2.48. The number of thiol groups is 1. The van der Waals surface area contributed by atoms with E-state index in [-0.39, 0.29) is 5.82 Å². The van der Waals surface area contributed by atoms with E-state index in [1.54, 1.807) is 0 Å². The number of rotatable bonds is 0. The molecule has 1 aromatic heterocycles. The van der Waals surface area contributed by atoms with Crippen LogP contribution in [0.25, 0.3) is 10.2 Å². The van der Waals surface area contributed by atoms with Crippen LogP contribution < -0.4 is 0 Å². The number of hydrogen-bond donors (Lipinski definition) is 1. The second-order valence-electron chi connectivity index (χ2n) is 2.14. The van der Waals surface area contributed by atoms with Crippen LogP contribution in [-0.2, 0) is 0 Å². The van der Waals surface area contributed by atoms with Crippen LogP contribution in [0.3, 0.4) is 0 Å². The van der Waals surface area contributed by atoms with Crippen molar-refractivity contribution in [2.75, 3.05) is 0 Å². The maximum Gasteiger partial charge on any atom is 0.140 e. The van der Waals surface area contributed by atoms with Gasteiger partial charge in [0.25, 0.3) is 0 Å². The minimum absolute atomic E-state index is 0.335. The standard InChI is InChI=1S/C6H2BrFN2S2/c7-4-2(8)1-3(11)5-6(4)12-10-9-5/h1,11H. The molecule has 0 spiro atoms. The summed E-state index contributed by atoms with van der Waals surface area (Å²) < 4.78 is 17.9. The first-order valence-corrected chi connectivity index (χ1v) is 5.00. The van der Waals surface area contributed by atoms with Crippen molar-refractivity contribution in [3.8, 4) is 0 Å². The van der Waals surface area contributed by atoms with E-state index in [1.807, 2.05) is 0 Å². The molecule has 0 aliphatic carbocycles. The van der Waals surface area contributed by atoms with Gasteiger partial charge in [0.1, 0.15) is 11.3 Å². The number of aromatic nitrogens is 2. The highest BCUT2D eigenvalue weighted by atomic mass is 79.9. The van der Waals surface area contributed by atoms with Crippen LogP contribution in [0.1, 0.15) is 0 Å². The number of nitrogens with zero attached hydrogens (tertiary/aromatic N) is 2. The summed E-state index contributed by atoms with van der Waals surface area (Å²) in [6.45, 7) is 0. The molecule has 0 amide bonds. The summed E-state index contributed by atoms with van der Waals surface area (Å²) in [7, 11) is 0.